The zero-order chi connectivity index (χ0) is 12.6. The maximum atomic E-state index is 11.9. The lowest BCUT2D eigenvalue weighted by Crippen LogP contribution is -2.20. The van der Waals surface area contributed by atoms with Crippen LogP contribution in [0.15, 0.2) is 11.6 Å². The Morgan fingerprint density at radius 3 is 2.44 bits per heavy atom. The first-order valence-corrected chi connectivity index (χ1v) is 5.74. The molecule has 0 saturated heterocycles. The second-order valence-corrected chi connectivity index (χ2v) is 4.55. The maximum Gasteiger partial charge on any atom is 0.389 e. The molecule has 0 aliphatic rings. The summed E-state index contributed by atoms with van der Waals surface area (Å²) in [6.45, 7) is 7.79. The van der Waals surface area contributed by atoms with Crippen molar-refractivity contribution in [2.24, 2.45) is 5.92 Å². The highest BCUT2D eigenvalue weighted by Crippen LogP contribution is 2.23. The first-order valence-electron chi connectivity index (χ1n) is 5.74. The van der Waals surface area contributed by atoms with E-state index in [1.54, 1.807) is 6.92 Å². The molecule has 0 aliphatic carbocycles. The van der Waals surface area contributed by atoms with Gasteiger partial charge in [-0.05, 0) is 38.8 Å². The van der Waals surface area contributed by atoms with Crippen LogP contribution >= 0.6 is 0 Å². The van der Waals surface area contributed by atoms with Crippen LogP contribution in [0.3, 0.4) is 0 Å². The monoisotopic (exact) mass is 237 g/mol. The first-order chi connectivity index (χ1) is 7.31. The van der Waals surface area contributed by atoms with Crippen LogP contribution in [0.5, 0.6) is 0 Å². The van der Waals surface area contributed by atoms with Crippen LogP contribution in [-0.4, -0.2) is 19.3 Å². The Hall–Kier alpha value is -0.510. The van der Waals surface area contributed by atoms with E-state index >= 15 is 0 Å². The third kappa shape index (κ3) is 11.6. The minimum atomic E-state index is -4.04. The van der Waals surface area contributed by atoms with Crippen molar-refractivity contribution in [3.05, 3.63) is 11.6 Å². The van der Waals surface area contributed by atoms with Crippen molar-refractivity contribution in [1.29, 1.82) is 0 Å². The van der Waals surface area contributed by atoms with E-state index in [0.29, 0.717) is 5.92 Å². The SMILES string of the molecule is CC(=CCCNCC(C)C)CCC(F)(F)F. The molecule has 0 bridgehead atoms. The fourth-order valence-corrected chi connectivity index (χ4v) is 1.25. The molecule has 16 heavy (non-hydrogen) atoms. The molecule has 0 aromatic carbocycles. The summed E-state index contributed by atoms with van der Waals surface area (Å²) >= 11 is 0. The van der Waals surface area contributed by atoms with Crippen LogP contribution in [-0.2, 0) is 0 Å². The number of allylic oxidation sites excluding steroid dienone is 1. The quantitative estimate of drug-likeness (QED) is 0.523. The summed E-state index contributed by atoms with van der Waals surface area (Å²) in [5.74, 6) is 0.607. The molecule has 0 saturated carbocycles. The Morgan fingerprint density at radius 1 is 1.31 bits per heavy atom. The van der Waals surface area contributed by atoms with Crippen LogP contribution in [0.2, 0.25) is 0 Å². The van der Waals surface area contributed by atoms with Gasteiger partial charge in [-0.25, -0.2) is 0 Å². The van der Waals surface area contributed by atoms with E-state index in [4.69, 9.17) is 0 Å². The Morgan fingerprint density at radius 2 is 1.94 bits per heavy atom. The molecule has 1 N–H and O–H groups in total. The summed E-state index contributed by atoms with van der Waals surface area (Å²) in [6.07, 6.45) is -1.94. The lowest BCUT2D eigenvalue weighted by molar-refractivity contribution is -0.133. The summed E-state index contributed by atoms with van der Waals surface area (Å²) < 4.78 is 35.7. The first kappa shape index (κ1) is 15.5. The number of rotatable bonds is 7. The van der Waals surface area contributed by atoms with E-state index in [2.05, 4.69) is 19.2 Å². The second-order valence-electron chi connectivity index (χ2n) is 4.55. The molecule has 0 aromatic rings. The summed E-state index contributed by atoms with van der Waals surface area (Å²) in [6, 6.07) is 0. The molecule has 0 amide bonds. The third-order valence-corrected chi connectivity index (χ3v) is 2.17. The van der Waals surface area contributed by atoms with E-state index in [0.717, 1.165) is 25.1 Å². The molecule has 96 valence electrons. The smallest absolute Gasteiger partial charge is 0.316 e. The molecule has 1 nitrogen and oxygen atoms in total. The normalized spacial score (nSPS) is 13.6. The Bertz CT molecular complexity index is 207. The fraction of sp³-hybridized carbons (Fsp3) is 0.833. The fourth-order valence-electron chi connectivity index (χ4n) is 1.25. The van der Waals surface area contributed by atoms with Gasteiger partial charge in [0.1, 0.15) is 0 Å². The van der Waals surface area contributed by atoms with Crippen molar-refractivity contribution < 1.29 is 13.2 Å². The zero-order valence-electron chi connectivity index (χ0n) is 10.3. The van der Waals surface area contributed by atoms with Gasteiger partial charge >= 0.3 is 6.18 Å². The number of hydrogen-bond acceptors (Lipinski definition) is 1. The topological polar surface area (TPSA) is 12.0 Å². The Kier molecular flexibility index (Phi) is 7.47. The molecule has 0 unspecified atom stereocenters. The molecule has 0 atom stereocenters. The van der Waals surface area contributed by atoms with Crippen molar-refractivity contribution >= 4 is 0 Å². The number of alkyl halides is 3. The minimum absolute atomic E-state index is 0.119. The van der Waals surface area contributed by atoms with Gasteiger partial charge in [0.2, 0.25) is 0 Å². The van der Waals surface area contributed by atoms with Crippen molar-refractivity contribution in [3.8, 4) is 0 Å². The Balaban J connectivity index is 3.56. The van der Waals surface area contributed by atoms with Gasteiger partial charge < -0.3 is 5.32 Å². The van der Waals surface area contributed by atoms with E-state index in [1.807, 2.05) is 6.08 Å². The molecule has 0 rings (SSSR count). The van der Waals surface area contributed by atoms with Crippen LogP contribution in [0.25, 0.3) is 0 Å². The van der Waals surface area contributed by atoms with Gasteiger partial charge in [0.15, 0.2) is 0 Å². The lowest BCUT2D eigenvalue weighted by atomic mass is 10.1. The predicted molar refractivity (Wildman–Crippen MR) is 61.4 cm³/mol. The van der Waals surface area contributed by atoms with E-state index in [9.17, 15) is 13.2 Å². The van der Waals surface area contributed by atoms with Gasteiger partial charge in [0.05, 0.1) is 0 Å². The summed E-state index contributed by atoms with van der Waals surface area (Å²) in [5.41, 5.74) is 0.823. The van der Waals surface area contributed by atoms with Crippen LogP contribution in [0, 0.1) is 5.92 Å². The highest BCUT2D eigenvalue weighted by Gasteiger charge is 2.26. The molecule has 4 heteroatoms. The van der Waals surface area contributed by atoms with Crippen molar-refractivity contribution in [2.75, 3.05) is 13.1 Å². The summed E-state index contributed by atoms with van der Waals surface area (Å²) in [5, 5.41) is 3.25. The molecule has 0 spiro atoms. The van der Waals surface area contributed by atoms with Gasteiger partial charge in [-0.1, -0.05) is 25.5 Å². The highest BCUT2D eigenvalue weighted by atomic mass is 19.4. The highest BCUT2D eigenvalue weighted by molar-refractivity contribution is 4.98. The molecular formula is C12H22F3N. The van der Waals surface area contributed by atoms with Gasteiger partial charge in [-0.2, -0.15) is 13.2 Å². The lowest BCUT2D eigenvalue weighted by Gasteiger charge is -2.07. The van der Waals surface area contributed by atoms with E-state index in [1.165, 1.54) is 0 Å². The summed E-state index contributed by atoms with van der Waals surface area (Å²) in [7, 11) is 0. The second kappa shape index (κ2) is 7.71. The van der Waals surface area contributed by atoms with E-state index < -0.39 is 12.6 Å². The largest absolute Gasteiger partial charge is 0.389 e. The molecule has 0 heterocycles. The van der Waals surface area contributed by atoms with Gasteiger partial charge in [0, 0.05) is 6.42 Å². The average Bonchev–Trinajstić information content (AvgIpc) is 2.12. The average molecular weight is 237 g/mol. The van der Waals surface area contributed by atoms with Crippen LogP contribution in [0.1, 0.15) is 40.0 Å². The summed E-state index contributed by atoms with van der Waals surface area (Å²) in [4.78, 5) is 0. The molecule has 0 fully saturated rings. The third-order valence-electron chi connectivity index (χ3n) is 2.17. The van der Waals surface area contributed by atoms with Gasteiger partial charge in [-0.3, -0.25) is 0 Å². The van der Waals surface area contributed by atoms with Crippen LogP contribution < -0.4 is 5.32 Å². The molecule has 0 radical (unpaired) electrons. The number of hydrogen-bond donors (Lipinski definition) is 1. The predicted octanol–water partition coefficient (Wildman–Crippen LogP) is 3.91. The zero-order valence-corrected chi connectivity index (χ0v) is 10.3. The number of halogens is 3. The van der Waals surface area contributed by atoms with Crippen molar-refractivity contribution in [3.63, 3.8) is 0 Å². The standard InChI is InChI=1S/C12H22F3N/c1-10(2)9-16-8-4-5-11(3)6-7-12(13,14)15/h5,10,16H,4,6-9H2,1-3H3. The van der Waals surface area contributed by atoms with Crippen molar-refractivity contribution in [1.82, 2.24) is 5.32 Å². The molecule has 0 aliphatic heterocycles. The Labute approximate surface area is 96.1 Å². The molecular weight excluding hydrogens is 215 g/mol. The van der Waals surface area contributed by atoms with Gasteiger partial charge in [-0.15, -0.1) is 0 Å². The number of nitrogens with one attached hydrogen (secondary N) is 1. The maximum absolute atomic E-state index is 11.9. The van der Waals surface area contributed by atoms with Gasteiger partial charge in [0.25, 0.3) is 0 Å². The minimum Gasteiger partial charge on any atom is -0.316 e. The van der Waals surface area contributed by atoms with E-state index in [-0.39, 0.29) is 6.42 Å². The molecule has 0 aromatic heterocycles. The van der Waals surface area contributed by atoms with Crippen LogP contribution in [0.4, 0.5) is 13.2 Å². The van der Waals surface area contributed by atoms with Crippen molar-refractivity contribution in [2.45, 2.75) is 46.2 Å².